The molecule has 0 atom stereocenters. The van der Waals surface area contributed by atoms with Crippen LogP contribution in [0.1, 0.15) is 15.2 Å². The number of sulfonamides is 1. The van der Waals surface area contributed by atoms with Gasteiger partial charge in [-0.3, -0.25) is 4.72 Å². The van der Waals surface area contributed by atoms with E-state index in [1.807, 2.05) is 0 Å². The van der Waals surface area contributed by atoms with Crippen molar-refractivity contribution in [3.8, 4) is 0 Å². The Morgan fingerprint density at radius 3 is 2.67 bits per heavy atom. The lowest BCUT2D eigenvalue weighted by atomic mass is 10.2. The van der Waals surface area contributed by atoms with Gasteiger partial charge in [0, 0.05) is 5.02 Å². The number of thiophene rings is 1. The SMILES string of the molecule is COC(=O)c1sccc1NS(=O)(=O)c1ccc(Cl)cc1C. The Morgan fingerprint density at radius 2 is 2.05 bits per heavy atom. The summed E-state index contributed by atoms with van der Waals surface area (Å²) < 4.78 is 31.8. The normalized spacial score (nSPS) is 11.2. The molecule has 0 radical (unpaired) electrons. The first-order valence-corrected chi connectivity index (χ1v) is 8.54. The smallest absolute Gasteiger partial charge is 0.350 e. The molecule has 1 aromatic carbocycles. The minimum Gasteiger partial charge on any atom is -0.465 e. The topological polar surface area (TPSA) is 72.5 Å². The highest BCUT2D eigenvalue weighted by Crippen LogP contribution is 2.27. The summed E-state index contributed by atoms with van der Waals surface area (Å²) in [4.78, 5) is 11.9. The van der Waals surface area contributed by atoms with Crippen molar-refractivity contribution in [1.29, 1.82) is 0 Å². The average Bonchev–Trinajstić information content (AvgIpc) is 2.84. The van der Waals surface area contributed by atoms with Crippen LogP contribution in [0.25, 0.3) is 0 Å². The molecule has 5 nitrogen and oxygen atoms in total. The molecule has 1 aromatic heterocycles. The van der Waals surface area contributed by atoms with Crippen LogP contribution in [-0.2, 0) is 14.8 Å². The van der Waals surface area contributed by atoms with Crippen LogP contribution in [0, 0.1) is 6.92 Å². The third-order valence-electron chi connectivity index (χ3n) is 2.71. The minimum atomic E-state index is -3.80. The van der Waals surface area contributed by atoms with Gasteiger partial charge in [-0.1, -0.05) is 11.6 Å². The maximum Gasteiger partial charge on any atom is 0.350 e. The van der Waals surface area contributed by atoms with Crippen LogP contribution in [0.3, 0.4) is 0 Å². The van der Waals surface area contributed by atoms with E-state index < -0.39 is 16.0 Å². The number of halogens is 1. The molecule has 0 unspecified atom stereocenters. The van der Waals surface area contributed by atoms with Gasteiger partial charge in [0.25, 0.3) is 10.0 Å². The Hall–Kier alpha value is -1.57. The van der Waals surface area contributed by atoms with E-state index in [1.165, 1.54) is 25.3 Å². The monoisotopic (exact) mass is 345 g/mol. The lowest BCUT2D eigenvalue weighted by molar-refractivity contribution is 0.0607. The van der Waals surface area contributed by atoms with E-state index in [0.717, 1.165) is 11.3 Å². The summed E-state index contributed by atoms with van der Waals surface area (Å²) in [7, 11) is -2.56. The second-order valence-corrected chi connectivity index (χ2v) is 7.17. The van der Waals surface area contributed by atoms with Gasteiger partial charge in [-0.2, -0.15) is 0 Å². The third kappa shape index (κ3) is 3.37. The van der Waals surface area contributed by atoms with E-state index in [2.05, 4.69) is 9.46 Å². The van der Waals surface area contributed by atoms with Gasteiger partial charge in [0.2, 0.25) is 0 Å². The Bertz CT molecular complexity index is 783. The molecule has 0 saturated heterocycles. The Labute approximate surface area is 131 Å². The molecule has 21 heavy (non-hydrogen) atoms. The number of carbonyl (C=O) groups is 1. The Balaban J connectivity index is 2.38. The summed E-state index contributed by atoms with van der Waals surface area (Å²) in [5.41, 5.74) is 0.714. The number of nitrogens with one attached hydrogen (secondary N) is 1. The standard InChI is InChI=1S/C13H12ClNO4S2/c1-8-7-9(14)3-4-11(8)21(17,18)15-10-5-6-20-12(10)13(16)19-2/h3-7,15H,1-2H3. The number of methoxy groups -OCH3 is 1. The zero-order chi connectivity index (χ0) is 15.6. The van der Waals surface area contributed by atoms with Crippen molar-refractivity contribution in [2.75, 3.05) is 11.8 Å². The fourth-order valence-corrected chi connectivity index (χ4v) is 4.11. The lowest BCUT2D eigenvalue weighted by Crippen LogP contribution is -2.15. The van der Waals surface area contributed by atoms with Gasteiger partial charge < -0.3 is 4.74 Å². The van der Waals surface area contributed by atoms with E-state index in [0.29, 0.717) is 10.6 Å². The molecule has 2 aromatic rings. The zero-order valence-electron chi connectivity index (χ0n) is 11.2. The molecule has 0 aliphatic rings. The van der Waals surface area contributed by atoms with Gasteiger partial charge in [-0.15, -0.1) is 11.3 Å². The lowest BCUT2D eigenvalue weighted by Gasteiger charge is -2.10. The first kappa shape index (κ1) is 15.8. The number of rotatable bonds is 4. The van der Waals surface area contributed by atoms with Crippen LogP contribution in [0.2, 0.25) is 5.02 Å². The number of aryl methyl sites for hydroxylation is 1. The number of hydrogen-bond acceptors (Lipinski definition) is 5. The van der Waals surface area contributed by atoms with Crippen LogP contribution in [0.4, 0.5) is 5.69 Å². The van der Waals surface area contributed by atoms with E-state index in [1.54, 1.807) is 18.4 Å². The van der Waals surface area contributed by atoms with Crippen LogP contribution < -0.4 is 4.72 Å². The highest BCUT2D eigenvalue weighted by molar-refractivity contribution is 7.92. The highest BCUT2D eigenvalue weighted by Gasteiger charge is 2.21. The molecular weight excluding hydrogens is 334 g/mol. The first-order valence-electron chi connectivity index (χ1n) is 5.80. The first-order chi connectivity index (χ1) is 9.85. The van der Waals surface area contributed by atoms with E-state index >= 15 is 0 Å². The fraction of sp³-hybridized carbons (Fsp3) is 0.154. The average molecular weight is 346 g/mol. The number of benzene rings is 1. The predicted molar refractivity (Wildman–Crippen MR) is 82.7 cm³/mol. The minimum absolute atomic E-state index is 0.105. The molecule has 0 bridgehead atoms. The van der Waals surface area contributed by atoms with Crippen molar-refractivity contribution in [1.82, 2.24) is 0 Å². The van der Waals surface area contributed by atoms with Crippen LogP contribution in [0.15, 0.2) is 34.5 Å². The summed E-state index contributed by atoms with van der Waals surface area (Å²) in [6.07, 6.45) is 0. The number of esters is 1. The predicted octanol–water partition coefficient (Wildman–Crippen LogP) is 3.30. The largest absolute Gasteiger partial charge is 0.465 e. The summed E-state index contributed by atoms with van der Waals surface area (Å²) in [5.74, 6) is -0.587. The van der Waals surface area contributed by atoms with E-state index in [4.69, 9.17) is 11.6 Å². The molecule has 0 aliphatic heterocycles. The van der Waals surface area contributed by atoms with Crippen molar-refractivity contribution >= 4 is 44.6 Å². The van der Waals surface area contributed by atoms with E-state index in [-0.39, 0.29) is 15.5 Å². The molecule has 8 heteroatoms. The van der Waals surface area contributed by atoms with Crippen molar-refractivity contribution < 1.29 is 17.9 Å². The van der Waals surface area contributed by atoms with E-state index in [9.17, 15) is 13.2 Å². The summed E-state index contributed by atoms with van der Waals surface area (Å²) >= 11 is 6.92. The fourth-order valence-electron chi connectivity index (χ4n) is 1.75. The van der Waals surface area contributed by atoms with Crippen molar-refractivity contribution in [2.45, 2.75) is 11.8 Å². The quantitative estimate of drug-likeness (QED) is 0.863. The van der Waals surface area contributed by atoms with Gasteiger partial charge in [-0.25, -0.2) is 13.2 Å². The zero-order valence-corrected chi connectivity index (χ0v) is 13.6. The molecule has 112 valence electrons. The summed E-state index contributed by atoms with van der Waals surface area (Å²) in [6, 6.07) is 5.99. The van der Waals surface area contributed by atoms with Crippen LogP contribution in [-0.4, -0.2) is 21.5 Å². The molecule has 0 saturated carbocycles. The summed E-state index contributed by atoms with van der Waals surface area (Å²) in [6.45, 7) is 1.65. The van der Waals surface area contributed by atoms with Gasteiger partial charge in [-0.05, 0) is 42.1 Å². The van der Waals surface area contributed by atoms with Gasteiger partial charge in [0.15, 0.2) is 0 Å². The second kappa shape index (κ2) is 6.05. The van der Waals surface area contributed by atoms with Gasteiger partial charge >= 0.3 is 5.97 Å². The number of hydrogen-bond donors (Lipinski definition) is 1. The molecule has 2 rings (SSSR count). The number of carbonyl (C=O) groups excluding carboxylic acids is 1. The number of ether oxygens (including phenoxy) is 1. The van der Waals surface area contributed by atoms with Gasteiger partial charge in [0.05, 0.1) is 17.7 Å². The van der Waals surface area contributed by atoms with Crippen molar-refractivity contribution in [3.05, 3.63) is 45.1 Å². The second-order valence-electron chi connectivity index (χ2n) is 4.17. The maximum atomic E-state index is 12.4. The molecule has 1 N–H and O–H groups in total. The molecule has 0 amide bonds. The molecule has 1 heterocycles. The van der Waals surface area contributed by atoms with Crippen LogP contribution in [0.5, 0.6) is 0 Å². The van der Waals surface area contributed by atoms with Gasteiger partial charge in [0.1, 0.15) is 4.88 Å². The Kier molecular flexibility index (Phi) is 4.55. The van der Waals surface area contributed by atoms with Crippen LogP contribution >= 0.6 is 22.9 Å². The van der Waals surface area contributed by atoms with Crippen molar-refractivity contribution in [2.24, 2.45) is 0 Å². The number of anilines is 1. The Morgan fingerprint density at radius 1 is 1.33 bits per heavy atom. The highest BCUT2D eigenvalue weighted by atomic mass is 35.5. The molecule has 0 spiro atoms. The third-order valence-corrected chi connectivity index (χ3v) is 5.36. The summed E-state index contributed by atoms with van der Waals surface area (Å²) in [5, 5.41) is 2.07. The molecule has 0 aliphatic carbocycles. The van der Waals surface area contributed by atoms with Crippen molar-refractivity contribution in [3.63, 3.8) is 0 Å². The molecule has 0 fully saturated rings. The maximum absolute atomic E-state index is 12.4. The molecular formula is C13H12ClNO4S2.